The van der Waals surface area contributed by atoms with E-state index in [-0.39, 0.29) is 17.8 Å². The quantitative estimate of drug-likeness (QED) is 0.584. The number of hydrogen-bond acceptors (Lipinski definition) is 4. The Morgan fingerprint density at radius 1 is 1.11 bits per heavy atom. The summed E-state index contributed by atoms with van der Waals surface area (Å²) in [5, 5.41) is 7.46. The van der Waals surface area contributed by atoms with Crippen molar-refractivity contribution in [1.29, 1.82) is 0 Å². The lowest BCUT2D eigenvalue weighted by Gasteiger charge is -2.05. The van der Waals surface area contributed by atoms with Crippen molar-refractivity contribution in [3.05, 3.63) is 87.8 Å². The summed E-state index contributed by atoms with van der Waals surface area (Å²) in [6, 6.07) is 18.6. The predicted molar refractivity (Wildman–Crippen MR) is 102 cm³/mol. The van der Waals surface area contributed by atoms with Crippen molar-refractivity contribution in [3.63, 3.8) is 0 Å². The van der Waals surface area contributed by atoms with Crippen molar-refractivity contribution in [2.75, 3.05) is 0 Å². The number of aryl methyl sites for hydroxylation is 1. The maximum Gasteiger partial charge on any atom is 0.273 e. The lowest BCUT2D eigenvalue weighted by Crippen LogP contribution is -2.26. The van der Waals surface area contributed by atoms with Crippen LogP contribution in [0.5, 0.6) is 0 Å². The Bertz CT molecular complexity index is 1180. The zero-order chi connectivity index (χ0) is 18.8. The number of benzene rings is 2. The summed E-state index contributed by atoms with van der Waals surface area (Å²) < 4.78 is 5.24. The maximum absolute atomic E-state index is 12.3. The van der Waals surface area contributed by atoms with E-state index in [4.69, 9.17) is 4.52 Å². The van der Waals surface area contributed by atoms with Gasteiger partial charge in [-0.05, 0) is 30.5 Å². The van der Waals surface area contributed by atoms with Crippen LogP contribution in [0.15, 0.2) is 70.0 Å². The van der Waals surface area contributed by atoms with E-state index in [2.05, 4.69) is 15.5 Å². The van der Waals surface area contributed by atoms with Crippen LogP contribution in [0.1, 0.15) is 21.6 Å². The molecule has 0 aliphatic heterocycles. The van der Waals surface area contributed by atoms with Crippen LogP contribution in [-0.2, 0) is 6.54 Å². The fourth-order valence-corrected chi connectivity index (χ4v) is 2.89. The molecule has 0 aliphatic carbocycles. The fourth-order valence-electron chi connectivity index (χ4n) is 2.89. The number of nitrogens with one attached hydrogen (secondary N) is 2. The number of carbonyl (C=O) groups excluding carboxylic acids is 1. The molecule has 0 fully saturated rings. The predicted octanol–water partition coefficient (Wildman–Crippen LogP) is 3.42. The van der Waals surface area contributed by atoms with E-state index in [1.54, 1.807) is 12.1 Å². The van der Waals surface area contributed by atoms with Crippen molar-refractivity contribution in [3.8, 4) is 11.3 Å². The van der Waals surface area contributed by atoms with Crippen molar-refractivity contribution in [2.24, 2.45) is 0 Å². The Hall–Kier alpha value is -3.67. The molecule has 2 heterocycles. The first-order chi connectivity index (χ1) is 13.1. The minimum atomic E-state index is -0.398. The Balaban J connectivity index is 1.51. The number of hydrogen-bond donors (Lipinski definition) is 2. The number of rotatable bonds is 4. The molecule has 0 aliphatic rings. The molecule has 2 aromatic heterocycles. The number of nitrogens with zero attached hydrogens (tertiary/aromatic N) is 1. The topological polar surface area (TPSA) is 88.0 Å². The zero-order valence-corrected chi connectivity index (χ0v) is 14.7. The highest BCUT2D eigenvalue weighted by molar-refractivity contribution is 5.93. The van der Waals surface area contributed by atoms with Gasteiger partial charge in [0, 0.05) is 29.3 Å². The van der Waals surface area contributed by atoms with Gasteiger partial charge in [-0.25, -0.2) is 0 Å². The first-order valence-electron chi connectivity index (χ1n) is 8.53. The first-order valence-corrected chi connectivity index (χ1v) is 8.53. The summed E-state index contributed by atoms with van der Waals surface area (Å²) in [6.07, 6.45) is 0. The molecule has 27 heavy (non-hydrogen) atoms. The molecule has 0 atom stereocenters. The normalized spacial score (nSPS) is 10.9. The van der Waals surface area contributed by atoms with Gasteiger partial charge in [-0.2, -0.15) is 0 Å². The standard InChI is InChI=1S/C21H17N3O3/c1-13-7-8-17-15(9-13)10-16(20(25)23-17)12-22-21(26)18-11-19(27-24-18)14-5-3-2-4-6-14/h2-11H,12H2,1H3,(H,22,26)(H,23,25). The summed E-state index contributed by atoms with van der Waals surface area (Å²) in [5.41, 5.74) is 3.13. The molecule has 6 heteroatoms. The van der Waals surface area contributed by atoms with E-state index >= 15 is 0 Å². The number of fused-ring (bicyclic) bond motifs is 1. The molecule has 0 unspecified atom stereocenters. The highest BCUT2D eigenvalue weighted by Gasteiger charge is 2.14. The average Bonchev–Trinajstić information content (AvgIpc) is 3.17. The molecule has 2 N–H and O–H groups in total. The van der Waals surface area contributed by atoms with Gasteiger partial charge < -0.3 is 14.8 Å². The van der Waals surface area contributed by atoms with Crippen LogP contribution in [-0.4, -0.2) is 16.0 Å². The Kier molecular flexibility index (Phi) is 4.30. The third kappa shape index (κ3) is 3.50. The van der Waals surface area contributed by atoms with Crippen LogP contribution in [0, 0.1) is 6.92 Å². The van der Waals surface area contributed by atoms with Gasteiger partial charge in [-0.15, -0.1) is 0 Å². The Morgan fingerprint density at radius 3 is 2.74 bits per heavy atom. The average molecular weight is 359 g/mol. The number of pyridine rings is 1. The molecule has 2 aromatic carbocycles. The van der Waals surface area contributed by atoms with Crippen LogP contribution in [0.4, 0.5) is 0 Å². The second-order valence-corrected chi connectivity index (χ2v) is 6.34. The smallest absolute Gasteiger partial charge is 0.273 e. The first kappa shape index (κ1) is 16.8. The van der Waals surface area contributed by atoms with Gasteiger partial charge in [0.05, 0.1) is 0 Å². The molecule has 0 saturated carbocycles. The molecular formula is C21H17N3O3. The lowest BCUT2D eigenvalue weighted by molar-refractivity contribution is 0.0942. The molecule has 0 radical (unpaired) electrons. The number of amides is 1. The van der Waals surface area contributed by atoms with E-state index in [1.165, 1.54) is 0 Å². The van der Waals surface area contributed by atoms with Gasteiger partial charge in [-0.1, -0.05) is 47.1 Å². The van der Waals surface area contributed by atoms with Crippen molar-refractivity contribution in [2.45, 2.75) is 13.5 Å². The summed E-state index contributed by atoms with van der Waals surface area (Å²) in [4.78, 5) is 27.4. The van der Waals surface area contributed by atoms with Crippen LogP contribution in [0.2, 0.25) is 0 Å². The molecule has 0 bridgehead atoms. The molecule has 0 saturated heterocycles. The number of aromatic nitrogens is 2. The maximum atomic E-state index is 12.3. The largest absolute Gasteiger partial charge is 0.355 e. The van der Waals surface area contributed by atoms with E-state index in [1.807, 2.05) is 55.5 Å². The third-order valence-corrected chi connectivity index (χ3v) is 4.32. The van der Waals surface area contributed by atoms with Gasteiger partial charge in [0.2, 0.25) is 0 Å². The Labute approximate surface area is 154 Å². The van der Waals surface area contributed by atoms with Crippen LogP contribution in [0.3, 0.4) is 0 Å². The second kappa shape index (κ2) is 6.92. The SMILES string of the molecule is Cc1ccc2[nH]c(=O)c(CNC(=O)c3cc(-c4ccccc4)on3)cc2c1. The highest BCUT2D eigenvalue weighted by Crippen LogP contribution is 2.19. The van der Waals surface area contributed by atoms with Gasteiger partial charge in [0.25, 0.3) is 11.5 Å². The van der Waals surface area contributed by atoms with E-state index in [0.29, 0.717) is 11.3 Å². The highest BCUT2D eigenvalue weighted by atomic mass is 16.5. The monoisotopic (exact) mass is 359 g/mol. The van der Waals surface area contributed by atoms with Crippen LogP contribution < -0.4 is 10.9 Å². The summed E-state index contributed by atoms with van der Waals surface area (Å²) in [7, 11) is 0. The molecule has 4 aromatic rings. The molecule has 4 rings (SSSR count). The van der Waals surface area contributed by atoms with Crippen molar-refractivity contribution in [1.82, 2.24) is 15.5 Å². The number of aromatic amines is 1. The minimum absolute atomic E-state index is 0.103. The van der Waals surface area contributed by atoms with E-state index in [9.17, 15) is 9.59 Å². The Morgan fingerprint density at radius 2 is 1.93 bits per heavy atom. The van der Waals surface area contributed by atoms with E-state index < -0.39 is 5.91 Å². The van der Waals surface area contributed by atoms with Gasteiger partial charge in [0.15, 0.2) is 11.5 Å². The van der Waals surface area contributed by atoms with Gasteiger partial charge in [-0.3, -0.25) is 9.59 Å². The molecule has 0 spiro atoms. The minimum Gasteiger partial charge on any atom is -0.355 e. The van der Waals surface area contributed by atoms with Crippen molar-refractivity contribution < 1.29 is 9.32 Å². The number of carbonyl (C=O) groups is 1. The molecule has 1 amide bonds. The van der Waals surface area contributed by atoms with Gasteiger partial charge in [0.1, 0.15) is 0 Å². The second-order valence-electron chi connectivity index (χ2n) is 6.34. The van der Waals surface area contributed by atoms with Crippen LogP contribution >= 0.6 is 0 Å². The van der Waals surface area contributed by atoms with Crippen LogP contribution in [0.25, 0.3) is 22.2 Å². The van der Waals surface area contributed by atoms with Crippen molar-refractivity contribution >= 4 is 16.8 Å². The summed E-state index contributed by atoms with van der Waals surface area (Å²) in [5.74, 6) is 0.115. The number of H-pyrrole nitrogens is 1. The van der Waals surface area contributed by atoms with E-state index in [0.717, 1.165) is 22.0 Å². The van der Waals surface area contributed by atoms with Gasteiger partial charge >= 0.3 is 0 Å². The molecular weight excluding hydrogens is 342 g/mol. The third-order valence-electron chi connectivity index (χ3n) is 4.32. The zero-order valence-electron chi connectivity index (χ0n) is 14.7. The molecule has 6 nitrogen and oxygen atoms in total. The fraction of sp³-hybridized carbons (Fsp3) is 0.0952. The summed E-state index contributed by atoms with van der Waals surface area (Å²) >= 11 is 0. The summed E-state index contributed by atoms with van der Waals surface area (Å²) in [6.45, 7) is 2.09. The molecule has 134 valence electrons. The lowest BCUT2D eigenvalue weighted by atomic mass is 10.1.